The van der Waals surface area contributed by atoms with Crippen molar-refractivity contribution in [1.29, 1.82) is 0 Å². The van der Waals surface area contributed by atoms with Gasteiger partial charge >= 0.3 is 0 Å². The summed E-state index contributed by atoms with van der Waals surface area (Å²) in [7, 11) is 0. The SMILES string of the molecule is CC(C)n1cc(C(=O)N2CCC(c3cc(C(=O)NCc4ccc(F)cc4)on3)CC2)cn1. The van der Waals surface area contributed by atoms with E-state index in [2.05, 4.69) is 15.6 Å². The fraction of sp³-hybridized carbons (Fsp3) is 0.391. The second-order valence-corrected chi connectivity index (χ2v) is 8.29. The predicted octanol–water partition coefficient (Wildman–Crippen LogP) is 3.54. The van der Waals surface area contributed by atoms with Crippen LogP contribution in [0, 0.1) is 5.82 Å². The van der Waals surface area contributed by atoms with Gasteiger partial charge in [0, 0.05) is 43.9 Å². The average Bonchev–Trinajstić information content (AvgIpc) is 3.49. The first-order chi connectivity index (χ1) is 15.4. The van der Waals surface area contributed by atoms with Crippen LogP contribution in [0.15, 0.2) is 47.2 Å². The molecule has 1 aromatic carbocycles. The molecular weight excluding hydrogens is 413 g/mol. The molecule has 0 saturated carbocycles. The summed E-state index contributed by atoms with van der Waals surface area (Å²) in [5.74, 6) is -0.445. The Hall–Kier alpha value is -3.49. The Morgan fingerprint density at radius 3 is 2.59 bits per heavy atom. The lowest BCUT2D eigenvalue weighted by atomic mass is 9.93. The molecule has 1 saturated heterocycles. The molecule has 3 aromatic rings. The number of carbonyl (C=O) groups excluding carboxylic acids is 2. The van der Waals surface area contributed by atoms with Crippen LogP contribution >= 0.6 is 0 Å². The molecule has 0 spiro atoms. The van der Waals surface area contributed by atoms with Crippen LogP contribution in [0.5, 0.6) is 0 Å². The molecule has 168 valence electrons. The summed E-state index contributed by atoms with van der Waals surface area (Å²) in [6.07, 6.45) is 4.89. The number of carbonyl (C=O) groups is 2. The van der Waals surface area contributed by atoms with Crippen LogP contribution in [0.4, 0.5) is 4.39 Å². The summed E-state index contributed by atoms with van der Waals surface area (Å²) < 4.78 is 20.0. The van der Waals surface area contributed by atoms with Crippen molar-refractivity contribution in [3.8, 4) is 0 Å². The number of rotatable bonds is 6. The van der Waals surface area contributed by atoms with Crippen LogP contribution in [0.3, 0.4) is 0 Å². The number of hydrogen-bond donors (Lipinski definition) is 1. The number of halogens is 1. The van der Waals surface area contributed by atoms with E-state index in [9.17, 15) is 14.0 Å². The molecule has 0 bridgehead atoms. The Morgan fingerprint density at radius 1 is 1.22 bits per heavy atom. The highest BCUT2D eigenvalue weighted by Gasteiger charge is 2.28. The lowest BCUT2D eigenvalue weighted by molar-refractivity contribution is 0.0710. The molecule has 9 heteroatoms. The van der Waals surface area contributed by atoms with E-state index >= 15 is 0 Å². The highest BCUT2D eigenvalue weighted by Crippen LogP contribution is 2.28. The summed E-state index contributed by atoms with van der Waals surface area (Å²) in [5, 5.41) is 11.1. The Balaban J connectivity index is 1.30. The van der Waals surface area contributed by atoms with Crippen molar-refractivity contribution >= 4 is 11.8 Å². The number of likely N-dealkylation sites (tertiary alicyclic amines) is 1. The Morgan fingerprint density at radius 2 is 1.94 bits per heavy atom. The normalized spacial score (nSPS) is 14.7. The largest absolute Gasteiger partial charge is 0.351 e. The lowest BCUT2D eigenvalue weighted by Gasteiger charge is -2.30. The molecule has 1 aliphatic heterocycles. The van der Waals surface area contributed by atoms with Crippen molar-refractivity contribution in [3.63, 3.8) is 0 Å². The molecule has 0 radical (unpaired) electrons. The average molecular weight is 439 g/mol. The summed E-state index contributed by atoms with van der Waals surface area (Å²) in [6.45, 7) is 5.51. The maximum absolute atomic E-state index is 13.0. The summed E-state index contributed by atoms with van der Waals surface area (Å²) in [6, 6.07) is 7.79. The zero-order chi connectivity index (χ0) is 22.7. The highest BCUT2D eigenvalue weighted by molar-refractivity contribution is 5.94. The zero-order valence-corrected chi connectivity index (χ0v) is 18.1. The van der Waals surface area contributed by atoms with Gasteiger partial charge in [-0.2, -0.15) is 5.10 Å². The molecule has 1 N–H and O–H groups in total. The maximum atomic E-state index is 13.0. The van der Waals surface area contributed by atoms with Gasteiger partial charge in [0.2, 0.25) is 5.76 Å². The molecule has 0 aliphatic carbocycles. The Kier molecular flexibility index (Phi) is 6.34. The first-order valence-corrected chi connectivity index (χ1v) is 10.7. The van der Waals surface area contributed by atoms with Crippen molar-refractivity contribution in [1.82, 2.24) is 25.2 Å². The smallest absolute Gasteiger partial charge is 0.290 e. The molecule has 8 nitrogen and oxygen atoms in total. The van der Waals surface area contributed by atoms with Gasteiger partial charge in [0.15, 0.2) is 0 Å². The van der Waals surface area contributed by atoms with E-state index in [1.807, 2.05) is 18.7 Å². The molecule has 1 fully saturated rings. The molecule has 2 aromatic heterocycles. The van der Waals surface area contributed by atoms with Crippen molar-refractivity contribution in [3.05, 3.63) is 71.1 Å². The maximum Gasteiger partial charge on any atom is 0.290 e. The van der Waals surface area contributed by atoms with Gasteiger partial charge in [-0.15, -0.1) is 0 Å². The second-order valence-electron chi connectivity index (χ2n) is 8.29. The molecule has 2 amide bonds. The molecular formula is C23H26FN5O3. The van der Waals surface area contributed by atoms with E-state index in [4.69, 9.17) is 4.52 Å². The van der Waals surface area contributed by atoms with Crippen molar-refractivity contribution in [2.75, 3.05) is 13.1 Å². The summed E-state index contributed by atoms with van der Waals surface area (Å²) in [4.78, 5) is 26.9. The minimum Gasteiger partial charge on any atom is -0.351 e. The Labute approximate surface area is 185 Å². The Bertz CT molecular complexity index is 1080. The first kappa shape index (κ1) is 21.7. The first-order valence-electron chi connectivity index (χ1n) is 10.7. The quantitative estimate of drug-likeness (QED) is 0.634. The van der Waals surface area contributed by atoms with Crippen LogP contribution in [0.2, 0.25) is 0 Å². The van der Waals surface area contributed by atoms with Gasteiger partial charge in [0.05, 0.1) is 17.5 Å². The van der Waals surface area contributed by atoms with Crippen molar-refractivity contribution in [2.24, 2.45) is 0 Å². The van der Waals surface area contributed by atoms with Gasteiger partial charge in [0.25, 0.3) is 11.8 Å². The summed E-state index contributed by atoms with van der Waals surface area (Å²) >= 11 is 0. The third-order valence-electron chi connectivity index (χ3n) is 5.70. The number of nitrogens with one attached hydrogen (secondary N) is 1. The predicted molar refractivity (Wildman–Crippen MR) is 115 cm³/mol. The molecule has 3 heterocycles. The van der Waals surface area contributed by atoms with E-state index < -0.39 is 0 Å². The minimum atomic E-state index is -0.372. The number of nitrogens with zero attached hydrogens (tertiary/aromatic N) is 4. The number of benzene rings is 1. The van der Waals surface area contributed by atoms with Gasteiger partial charge < -0.3 is 14.7 Å². The highest BCUT2D eigenvalue weighted by atomic mass is 19.1. The minimum absolute atomic E-state index is 0.0173. The van der Waals surface area contributed by atoms with E-state index in [1.165, 1.54) is 12.1 Å². The van der Waals surface area contributed by atoms with Crippen LogP contribution in [0.1, 0.15) is 70.8 Å². The van der Waals surface area contributed by atoms with Gasteiger partial charge in [0.1, 0.15) is 5.82 Å². The van der Waals surface area contributed by atoms with E-state index in [0.29, 0.717) is 18.7 Å². The summed E-state index contributed by atoms with van der Waals surface area (Å²) in [5.41, 5.74) is 2.10. The molecule has 32 heavy (non-hydrogen) atoms. The van der Waals surface area contributed by atoms with Gasteiger partial charge in [-0.3, -0.25) is 14.3 Å². The van der Waals surface area contributed by atoms with E-state index in [-0.39, 0.29) is 41.9 Å². The van der Waals surface area contributed by atoms with Gasteiger partial charge in [-0.05, 0) is 44.4 Å². The van der Waals surface area contributed by atoms with Crippen LogP contribution in [0.25, 0.3) is 0 Å². The van der Waals surface area contributed by atoms with Crippen molar-refractivity contribution in [2.45, 2.75) is 45.2 Å². The van der Waals surface area contributed by atoms with Gasteiger partial charge in [-0.1, -0.05) is 17.3 Å². The van der Waals surface area contributed by atoms with Gasteiger partial charge in [-0.25, -0.2) is 4.39 Å². The monoisotopic (exact) mass is 439 g/mol. The number of piperidine rings is 1. The molecule has 0 unspecified atom stereocenters. The van der Waals surface area contributed by atoms with E-state index in [1.54, 1.807) is 35.3 Å². The van der Waals surface area contributed by atoms with Crippen LogP contribution in [-0.2, 0) is 6.54 Å². The number of hydrogen-bond acceptors (Lipinski definition) is 5. The number of aromatic nitrogens is 3. The lowest BCUT2D eigenvalue weighted by Crippen LogP contribution is -2.37. The van der Waals surface area contributed by atoms with Crippen LogP contribution < -0.4 is 5.32 Å². The standard InChI is InChI=1S/C23H26FN5O3/c1-15(2)29-14-18(13-26-29)23(31)28-9-7-17(8-10-28)20-11-21(32-27-20)22(30)25-12-16-3-5-19(24)6-4-16/h3-6,11,13-15,17H,7-10,12H2,1-2H3,(H,25,30). The fourth-order valence-electron chi connectivity index (χ4n) is 3.75. The molecule has 4 rings (SSSR count). The third kappa shape index (κ3) is 4.87. The molecule has 1 aliphatic rings. The third-order valence-corrected chi connectivity index (χ3v) is 5.70. The van der Waals surface area contributed by atoms with Crippen LogP contribution in [-0.4, -0.2) is 44.7 Å². The molecule has 0 atom stereocenters. The van der Waals surface area contributed by atoms with Crippen molar-refractivity contribution < 1.29 is 18.5 Å². The zero-order valence-electron chi connectivity index (χ0n) is 18.1. The van der Waals surface area contributed by atoms with E-state index in [0.717, 1.165) is 24.1 Å². The number of amides is 2. The second kappa shape index (κ2) is 9.33. The fourth-order valence-corrected chi connectivity index (χ4v) is 3.75. The topological polar surface area (TPSA) is 93.3 Å².